The molecule has 2 saturated heterocycles. The van der Waals surface area contributed by atoms with Gasteiger partial charge in [-0.3, -0.25) is 4.79 Å². The second kappa shape index (κ2) is 7.75. The molecule has 2 aliphatic heterocycles. The highest BCUT2D eigenvalue weighted by Crippen LogP contribution is 2.24. The number of amides is 1. The Morgan fingerprint density at radius 1 is 1.36 bits per heavy atom. The summed E-state index contributed by atoms with van der Waals surface area (Å²) in [5, 5.41) is 12.6. The molecule has 0 spiro atoms. The fourth-order valence-corrected chi connectivity index (χ4v) is 3.12. The van der Waals surface area contributed by atoms with Gasteiger partial charge in [-0.1, -0.05) is 28.1 Å². The van der Waals surface area contributed by atoms with Crippen LogP contribution in [0, 0.1) is 0 Å². The summed E-state index contributed by atoms with van der Waals surface area (Å²) in [7, 11) is 0. The number of aliphatic hydroxyl groups is 1. The number of halogens is 2. The van der Waals surface area contributed by atoms with Crippen LogP contribution in [-0.2, 0) is 9.53 Å². The zero-order chi connectivity index (χ0) is 14.8. The van der Waals surface area contributed by atoms with Crippen LogP contribution in [0.15, 0.2) is 28.7 Å². The fourth-order valence-electron chi connectivity index (χ4n) is 2.85. The average molecular weight is 392 g/mol. The van der Waals surface area contributed by atoms with Crippen molar-refractivity contribution in [2.45, 2.75) is 24.7 Å². The predicted molar refractivity (Wildman–Crippen MR) is 89.1 cm³/mol. The molecule has 2 aliphatic rings. The van der Waals surface area contributed by atoms with Crippen molar-refractivity contribution in [3.63, 3.8) is 0 Å². The van der Waals surface area contributed by atoms with Gasteiger partial charge in [0.2, 0.25) is 5.91 Å². The number of nitrogens with zero attached hydrogens (tertiary/aromatic N) is 1. The number of carbonyl (C=O) groups is 1. The van der Waals surface area contributed by atoms with Crippen molar-refractivity contribution in [3.8, 4) is 0 Å². The lowest BCUT2D eigenvalue weighted by Gasteiger charge is -2.34. The highest BCUT2D eigenvalue weighted by molar-refractivity contribution is 9.10. The first-order valence-corrected chi connectivity index (χ1v) is 8.00. The van der Waals surface area contributed by atoms with Crippen LogP contribution in [0.5, 0.6) is 0 Å². The number of hydrogen-bond acceptors (Lipinski definition) is 4. The zero-order valence-electron chi connectivity index (χ0n) is 12.1. The van der Waals surface area contributed by atoms with Gasteiger partial charge in [-0.2, -0.15) is 0 Å². The molecule has 2 fully saturated rings. The van der Waals surface area contributed by atoms with Gasteiger partial charge in [-0.05, 0) is 24.1 Å². The Hall–Kier alpha value is -0.660. The maximum absolute atomic E-state index is 12.5. The summed E-state index contributed by atoms with van der Waals surface area (Å²) < 4.78 is 6.82. The van der Waals surface area contributed by atoms with E-state index in [4.69, 9.17) is 4.74 Å². The number of morpholine rings is 1. The Labute approximate surface area is 144 Å². The van der Waals surface area contributed by atoms with Crippen LogP contribution in [0.1, 0.15) is 18.1 Å². The maximum atomic E-state index is 12.5. The van der Waals surface area contributed by atoms with Crippen LogP contribution < -0.4 is 5.32 Å². The van der Waals surface area contributed by atoms with Crippen molar-refractivity contribution in [2.24, 2.45) is 0 Å². The van der Waals surface area contributed by atoms with Gasteiger partial charge >= 0.3 is 0 Å². The normalized spacial score (nSPS) is 28.3. The zero-order valence-corrected chi connectivity index (χ0v) is 14.5. The van der Waals surface area contributed by atoms with Crippen molar-refractivity contribution in [1.29, 1.82) is 0 Å². The van der Waals surface area contributed by atoms with Gasteiger partial charge < -0.3 is 20.1 Å². The lowest BCUT2D eigenvalue weighted by Crippen LogP contribution is -2.49. The van der Waals surface area contributed by atoms with Crippen LogP contribution in [0.4, 0.5) is 0 Å². The molecule has 3 unspecified atom stereocenters. The molecule has 122 valence electrons. The number of β-amino-alcohol motifs (C(OH)–C–C–N with tert-alkyl or cyclic N) is 1. The van der Waals surface area contributed by atoms with Crippen molar-refractivity contribution in [3.05, 3.63) is 34.3 Å². The van der Waals surface area contributed by atoms with Crippen molar-refractivity contribution < 1.29 is 14.6 Å². The first-order chi connectivity index (χ1) is 10.1. The van der Waals surface area contributed by atoms with Crippen LogP contribution in [0.2, 0.25) is 0 Å². The predicted octanol–water partition coefficient (Wildman–Crippen LogP) is 1.49. The molecule has 1 aromatic rings. The molecule has 0 saturated carbocycles. The van der Waals surface area contributed by atoms with E-state index in [0.29, 0.717) is 32.7 Å². The number of aliphatic hydroxyl groups excluding tert-OH is 1. The molecule has 3 rings (SSSR count). The Kier molecular flexibility index (Phi) is 6.23. The molecule has 3 atom stereocenters. The maximum Gasteiger partial charge on any atom is 0.239 e. The number of ether oxygens (including phenoxy) is 1. The smallest absolute Gasteiger partial charge is 0.239 e. The van der Waals surface area contributed by atoms with Gasteiger partial charge in [0.25, 0.3) is 0 Å². The van der Waals surface area contributed by atoms with E-state index in [1.807, 2.05) is 29.2 Å². The lowest BCUT2D eigenvalue weighted by molar-refractivity contribution is -0.141. The van der Waals surface area contributed by atoms with E-state index in [-0.39, 0.29) is 30.5 Å². The number of rotatable bonds is 2. The second-order valence-corrected chi connectivity index (χ2v) is 6.46. The lowest BCUT2D eigenvalue weighted by atomic mass is 10.1. The summed E-state index contributed by atoms with van der Waals surface area (Å²) in [5.41, 5.74) is 1.08. The Balaban J connectivity index is 0.00000176. The monoisotopic (exact) mass is 390 g/mol. The Bertz CT molecular complexity index is 514. The molecular weight excluding hydrogens is 372 g/mol. The van der Waals surface area contributed by atoms with E-state index >= 15 is 0 Å². The van der Waals surface area contributed by atoms with Crippen molar-refractivity contribution in [1.82, 2.24) is 10.2 Å². The van der Waals surface area contributed by atoms with Gasteiger partial charge in [0, 0.05) is 17.6 Å². The van der Waals surface area contributed by atoms with Gasteiger partial charge in [0.15, 0.2) is 0 Å². The number of benzene rings is 1. The van der Waals surface area contributed by atoms with E-state index in [1.165, 1.54) is 0 Å². The molecule has 1 amide bonds. The van der Waals surface area contributed by atoms with E-state index in [2.05, 4.69) is 21.2 Å². The van der Waals surface area contributed by atoms with Gasteiger partial charge in [0.05, 0.1) is 25.3 Å². The topological polar surface area (TPSA) is 61.8 Å². The molecule has 2 N–H and O–H groups in total. The molecule has 1 aromatic carbocycles. The second-order valence-electron chi connectivity index (χ2n) is 5.55. The van der Waals surface area contributed by atoms with E-state index in [0.717, 1.165) is 10.0 Å². The molecule has 7 heteroatoms. The minimum atomic E-state index is -0.415. The number of carbonyl (C=O) groups excluding carboxylic acids is 1. The highest BCUT2D eigenvalue weighted by atomic mass is 79.9. The molecule has 0 aliphatic carbocycles. The van der Waals surface area contributed by atoms with E-state index < -0.39 is 6.10 Å². The van der Waals surface area contributed by atoms with Crippen LogP contribution in [0.3, 0.4) is 0 Å². The first kappa shape index (κ1) is 17.7. The van der Waals surface area contributed by atoms with Crippen molar-refractivity contribution >= 4 is 34.2 Å². The standard InChI is InChI=1S/C15H19BrN2O3.ClH/c16-11-3-1-10(2-4-11)14-9-18(5-6-21-14)15(20)13-7-12(19)8-17-13;/h1-4,12-14,17,19H,5-9H2;1H. The largest absolute Gasteiger partial charge is 0.392 e. The molecule has 0 radical (unpaired) electrons. The van der Waals surface area contributed by atoms with Gasteiger partial charge in [0.1, 0.15) is 6.10 Å². The minimum Gasteiger partial charge on any atom is -0.392 e. The Morgan fingerprint density at radius 2 is 2.09 bits per heavy atom. The SMILES string of the molecule is Cl.O=C(C1CC(O)CN1)N1CCOC(c2ccc(Br)cc2)C1. The molecule has 0 aromatic heterocycles. The third-order valence-corrected chi connectivity index (χ3v) is 4.55. The fraction of sp³-hybridized carbons (Fsp3) is 0.533. The van der Waals surface area contributed by atoms with Crippen LogP contribution in [0.25, 0.3) is 0 Å². The molecule has 5 nitrogen and oxygen atoms in total. The summed E-state index contributed by atoms with van der Waals surface area (Å²) in [4.78, 5) is 14.3. The Morgan fingerprint density at radius 3 is 2.73 bits per heavy atom. The summed E-state index contributed by atoms with van der Waals surface area (Å²) in [6, 6.07) is 7.73. The third kappa shape index (κ3) is 4.00. The van der Waals surface area contributed by atoms with E-state index in [1.54, 1.807) is 0 Å². The van der Waals surface area contributed by atoms with Crippen LogP contribution in [-0.4, -0.2) is 54.3 Å². The number of nitrogens with one attached hydrogen (secondary N) is 1. The van der Waals surface area contributed by atoms with Gasteiger partial charge in [-0.25, -0.2) is 0 Å². The first-order valence-electron chi connectivity index (χ1n) is 7.21. The minimum absolute atomic E-state index is 0. The van der Waals surface area contributed by atoms with E-state index in [9.17, 15) is 9.90 Å². The molecule has 2 heterocycles. The summed E-state index contributed by atoms with van der Waals surface area (Å²) >= 11 is 3.42. The highest BCUT2D eigenvalue weighted by Gasteiger charge is 2.34. The van der Waals surface area contributed by atoms with Gasteiger partial charge in [-0.15, -0.1) is 12.4 Å². The summed E-state index contributed by atoms with van der Waals surface area (Å²) in [6.45, 7) is 2.22. The van der Waals surface area contributed by atoms with Crippen molar-refractivity contribution in [2.75, 3.05) is 26.2 Å². The quantitative estimate of drug-likeness (QED) is 0.802. The average Bonchev–Trinajstić information content (AvgIpc) is 2.94. The summed E-state index contributed by atoms with van der Waals surface area (Å²) in [5.74, 6) is 0.0666. The number of hydrogen-bond donors (Lipinski definition) is 2. The summed E-state index contributed by atoms with van der Waals surface area (Å²) in [6.07, 6.45) is 0.00321. The molecular formula is C15H20BrClN2O3. The molecule has 22 heavy (non-hydrogen) atoms. The molecule has 0 bridgehead atoms. The third-order valence-electron chi connectivity index (χ3n) is 4.03. The van der Waals surface area contributed by atoms with Crippen LogP contribution >= 0.6 is 28.3 Å².